The fraction of sp³-hybridized carbons (Fsp3) is 0.417. The molecular weight excluding hydrogens is 326 g/mol. The van der Waals surface area contributed by atoms with Gasteiger partial charge in [0.2, 0.25) is 0 Å². The molecule has 2 heterocycles. The number of carbonyl (C=O) groups excluding carboxylic acids is 1. The Kier molecular flexibility index (Phi) is 4.56. The molecule has 2 N–H and O–H groups in total. The quantitative estimate of drug-likeness (QED) is 0.837. The largest absolute Gasteiger partial charge is 0.395 e. The van der Waals surface area contributed by atoms with Crippen LogP contribution in [-0.2, 0) is 6.67 Å². The number of aromatic nitrogens is 4. The van der Waals surface area contributed by atoms with E-state index in [0.717, 1.165) is 15.9 Å². The second-order valence-electron chi connectivity index (χ2n) is 4.35. The molecule has 0 saturated heterocycles. The number of halogens is 1. The van der Waals surface area contributed by atoms with Crippen molar-refractivity contribution < 1.29 is 9.90 Å². The molecule has 2 aromatic heterocycles. The maximum atomic E-state index is 11.7. The summed E-state index contributed by atoms with van der Waals surface area (Å²) < 4.78 is 4.42. The Morgan fingerprint density at radius 3 is 2.80 bits per heavy atom. The zero-order valence-electron chi connectivity index (χ0n) is 11.3. The normalized spacial score (nSPS) is 10.8. The molecule has 2 aromatic rings. The van der Waals surface area contributed by atoms with Crippen LogP contribution in [-0.4, -0.2) is 43.7 Å². The molecule has 2 rings (SSSR count). The van der Waals surface area contributed by atoms with Gasteiger partial charge in [0.1, 0.15) is 12.4 Å². The van der Waals surface area contributed by atoms with E-state index in [9.17, 15) is 4.79 Å². The fourth-order valence-electron chi connectivity index (χ4n) is 1.77. The monoisotopic (exact) mass is 341 g/mol. The van der Waals surface area contributed by atoms with E-state index >= 15 is 0 Å². The van der Waals surface area contributed by atoms with Gasteiger partial charge in [0.25, 0.3) is 5.91 Å². The summed E-state index contributed by atoms with van der Waals surface area (Å²) in [6, 6.07) is 1.63. The number of aliphatic hydroxyl groups excluding tert-OH is 1. The molecule has 0 radical (unpaired) electrons. The highest BCUT2D eigenvalue weighted by Gasteiger charge is 2.11. The number of aryl methyl sites for hydroxylation is 1. The van der Waals surface area contributed by atoms with Crippen molar-refractivity contribution in [2.75, 3.05) is 13.2 Å². The van der Waals surface area contributed by atoms with Crippen molar-refractivity contribution >= 4 is 21.8 Å². The van der Waals surface area contributed by atoms with Gasteiger partial charge >= 0.3 is 0 Å². The predicted molar refractivity (Wildman–Crippen MR) is 76.4 cm³/mol. The van der Waals surface area contributed by atoms with Gasteiger partial charge in [0.15, 0.2) is 0 Å². The summed E-state index contributed by atoms with van der Waals surface area (Å²) in [6.07, 6.45) is 1.72. The summed E-state index contributed by atoms with van der Waals surface area (Å²) in [7, 11) is 0. The minimum Gasteiger partial charge on any atom is -0.395 e. The zero-order chi connectivity index (χ0) is 14.7. The number of rotatable bonds is 5. The van der Waals surface area contributed by atoms with Crippen LogP contribution in [0.15, 0.2) is 16.7 Å². The number of nitrogens with zero attached hydrogens (tertiary/aromatic N) is 4. The molecule has 8 heteroatoms. The average Bonchev–Trinajstić information content (AvgIpc) is 2.98. The molecule has 0 unspecified atom stereocenters. The Hall–Kier alpha value is -1.67. The van der Waals surface area contributed by atoms with Crippen LogP contribution in [0.2, 0.25) is 0 Å². The molecule has 0 aliphatic heterocycles. The molecule has 20 heavy (non-hydrogen) atoms. The third-order valence-corrected chi connectivity index (χ3v) is 3.99. The van der Waals surface area contributed by atoms with Gasteiger partial charge < -0.3 is 10.4 Å². The van der Waals surface area contributed by atoms with E-state index in [0.29, 0.717) is 12.4 Å². The van der Waals surface area contributed by atoms with Crippen LogP contribution in [0.4, 0.5) is 0 Å². The van der Waals surface area contributed by atoms with Gasteiger partial charge in [-0.15, -0.1) is 0 Å². The fourth-order valence-corrected chi connectivity index (χ4v) is 2.06. The Balaban J connectivity index is 2.09. The topological polar surface area (TPSA) is 85.0 Å². The van der Waals surface area contributed by atoms with Crippen molar-refractivity contribution in [1.29, 1.82) is 0 Å². The van der Waals surface area contributed by atoms with Gasteiger partial charge in [0.05, 0.1) is 22.5 Å². The minimum absolute atomic E-state index is 0.0910. The van der Waals surface area contributed by atoms with E-state index < -0.39 is 0 Å². The first kappa shape index (κ1) is 14.7. The van der Waals surface area contributed by atoms with Crippen molar-refractivity contribution in [2.24, 2.45) is 0 Å². The Labute approximate surface area is 124 Å². The lowest BCUT2D eigenvalue weighted by Gasteiger charge is -2.04. The average molecular weight is 342 g/mol. The lowest BCUT2D eigenvalue weighted by Crippen LogP contribution is -2.27. The molecule has 108 valence electrons. The minimum atomic E-state index is -0.299. The Morgan fingerprint density at radius 1 is 1.45 bits per heavy atom. The SMILES string of the molecule is Cc1nn(Cn2ccc(C(=O)NCCO)n2)c(C)c1Br. The Bertz CT molecular complexity index is 619. The molecule has 0 fully saturated rings. The van der Waals surface area contributed by atoms with E-state index in [4.69, 9.17) is 5.11 Å². The van der Waals surface area contributed by atoms with Crippen molar-refractivity contribution in [1.82, 2.24) is 24.9 Å². The molecule has 0 aromatic carbocycles. The predicted octanol–water partition coefficient (Wildman–Crippen LogP) is 0.687. The number of aliphatic hydroxyl groups is 1. The maximum Gasteiger partial charge on any atom is 0.271 e. The van der Waals surface area contributed by atoms with Crippen LogP contribution < -0.4 is 5.32 Å². The number of nitrogens with one attached hydrogen (secondary N) is 1. The summed E-state index contributed by atoms with van der Waals surface area (Å²) in [6.45, 7) is 4.45. The Morgan fingerprint density at radius 2 is 2.20 bits per heavy atom. The molecule has 0 saturated carbocycles. The molecule has 0 bridgehead atoms. The van der Waals surface area contributed by atoms with E-state index in [-0.39, 0.29) is 19.1 Å². The third-order valence-electron chi connectivity index (χ3n) is 2.84. The molecule has 0 spiro atoms. The van der Waals surface area contributed by atoms with Crippen LogP contribution in [0.1, 0.15) is 21.9 Å². The molecule has 0 atom stereocenters. The van der Waals surface area contributed by atoms with E-state index in [1.807, 2.05) is 18.5 Å². The van der Waals surface area contributed by atoms with Crippen LogP contribution >= 0.6 is 15.9 Å². The highest BCUT2D eigenvalue weighted by Crippen LogP contribution is 2.19. The van der Waals surface area contributed by atoms with Crippen LogP contribution in [0.5, 0.6) is 0 Å². The van der Waals surface area contributed by atoms with E-state index in [2.05, 4.69) is 31.4 Å². The summed E-state index contributed by atoms with van der Waals surface area (Å²) in [5, 5.41) is 19.8. The second-order valence-corrected chi connectivity index (χ2v) is 5.14. The lowest BCUT2D eigenvalue weighted by molar-refractivity contribution is 0.0939. The van der Waals surface area contributed by atoms with Crippen molar-refractivity contribution in [3.63, 3.8) is 0 Å². The van der Waals surface area contributed by atoms with E-state index in [1.165, 1.54) is 0 Å². The third kappa shape index (κ3) is 3.07. The summed E-state index contributed by atoms with van der Waals surface area (Å²) in [5.41, 5.74) is 2.24. The highest BCUT2D eigenvalue weighted by molar-refractivity contribution is 9.10. The summed E-state index contributed by atoms with van der Waals surface area (Å²) in [5.74, 6) is -0.299. The van der Waals surface area contributed by atoms with Gasteiger partial charge in [-0.3, -0.25) is 9.48 Å². The van der Waals surface area contributed by atoms with Gasteiger partial charge in [-0.1, -0.05) is 0 Å². The smallest absolute Gasteiger partial charge is 0.271 e. The number of amides is 1. The van der Waals surface area contributed by atoms with Gasteiger partial charge in [-0.25, -0.2) is 4.68 Å². The molecule has 0 aliphatic carbocycles. The highest BCUT2D eigenvalue weighted by atomic mass is 79.9. The van der Waals surface area contributed by atoms with Gasteiger partial charge in [-0.05, 0) is 35.8 Å². The number of carbonyl (C=O) groups is 1. The summed E-state index contributed by atoms with van der Waals surface area (Å²) >= 11 is 3.47. The van der Waals surface area contributed by atoms with Crippen LogP contribution in [0.25, 0.3) is 0 Å². The van der Waals surface area contributed by atoms with Crippen molar-refractivity contribution in [3.05, 3.63) is 33.8 Å². The van der Waals surface area contributed by atoms with Crippen molar-refractivity contribution in [2.45, 2.75) is 20.5 Å². The number of hydrogen-bond donors (Lipinski definition) is 2. The van der Waals surface area contributed by atoms with Crippen LogP contribution in [0, 0.1) is 13.8 Å². The van der Waals surface area contributed by atoms with Crippen LogP contribution in [0.3, 0.4) is 0 Å². The molecule has 1 amide bonds. The van der Waals surface area contributed by atoms with E-state index in [1.54, 1.807) is 16.9 Å². The zero-order valence-corrected chi connectivity index (χ0v) is 12.9. The molecule has 0 aliphatic rings. The van der Waals surface area contributed by atoms with Gasteiger partial charge in [0, 0.05) is 12.7 Å². The molecular formula is C12H16BrN5O2. The number of hydrogen-bond acceptors (Lipinski definition) is 4. The standard InChI is InChI=1S/C12H16BrN5O2/c1-8-11(13)9(2)18(15-8)7-17-5-3-10(16-17)12(20)14-4-6-19/h3,5,19H,4,6-7H2,1-2H3,(H,14,20). The first-order chi connectivity index (χ1) is 9.52. The van der Waals surface area contributed by atoms with Gasteiger partial charge in [-0.2, -0.15) is 10.2 Å². The molecule has 7 nitrogen and oxygen atoms in total. The first-order valence-corrected chi connectivity index (χ1v) is 6.94. The van der Waals surface area contributed by atoms with Crippen molar-refractivity contribution in [3.8, 4) is 0 Å². The summed E-state index contributed by atoms with van der Waals surface area (Å²) in [4.78, 5) is 11.7. The maximum absolute atomic E-state index is 11.7. The first-order valence-electron chi connectivity index (χ1n) is 6.15. The second kappa shape index (κ2) is 6.19. The lowest BCUT2D eigenvalue weighted by atomic mass is 10.4.